The molecule has 1 atom stereocenters. The van der Waals surface area contributed by atoms with Crippen LogP contribution in [0.3, 0.4) is 0 Å². The van der Waals surface area contributed by atoms with Crippen molar-refractivity contribution in [2.75, 3.05) is 14.2 Å². The number of rotatable bonds is 3. The lowest BCUT2D eigenvalue weighted by Gasteiger charge is -2.28. The van der Waals surface area contributed by atoms with Crippen molar-refractivity contribution < 1.29 is 13.9 Å². The van der Waals surface area contributed by atoms with Gasteiger partial charge in [-0.1, -0.05) is 6.92 Å². The number of hydrogen-bond acceptors (Lipinski definition) is 4. The minimum atomic E-state index is -0.331. The van der Waals surface area contributed by atoms with Gasteiger partial charge in [0, 0.05) is 31.1 Å². The molecule has 0 bridgehead atoms. The molecule has 1 aliphatic heterocycles. The lowest BCUT2D eigenvalue weighted by molar-refractivity contribution is 0.354. The Kier molecular flexibility index (Phi) is 6.03. The number of benzene rings is 2. The van der Waals surface area contributed by atoms with Crippen LogP contribution in [0, 0.1) is 5.82 Å². The third-order valence-electron chi connectivity index (χ3n) is 5.31. The van der Waals surface area contributed by atoms with Gasteiger partial charge < -0.3 is 9.47 Å². The third kappa shape index (κ3) is 3.61. The smallest absolute Gasteiger partial charge is 0.329 e. The molecule has 1 aromatic heterocycles. The number of methoxy groups -OCH3 is 2. The monoisotopic (exact) mass is 431 g/mol. The van der Waals surface area contributed by atoms with E-state index in [1.165, 1.54) is 16.7 Å². The molecule has 0 N–H and O–H groups in total. The molecule has 6 nitrogen and oxygen atoms in total. The van der Waals surface area contributed by atoms with Crippen LogP contribution in [0.4, 0.5) is 10.1 Å². The first-order valence-electron chi connectivity index (χ1n) is 9.30. The fourth-order valence-corrected chi connectivity index (χ4v) is 3.73. The summed E-state index contributed by atoms with van der Waals surface area (Å²) in [6, 6.07) is 11.6. The van der Waals surface area contributed by atoms with Crippen molar-refractivity contribution in [1.29, 1.82) is 0 Å². The highest BCUT2D eigenvalue weighted by molar-refractivity contribution is 5.85. The molecule has 0 saturated heterocycles. The van der Waals surface area contributed by atoms with Crippen LogP contribution >= 0.6 is 12.4 Å². The fraction of sp³-hybridized carbons (Fsp3) is 0.273. The molecule has 0 saturated carbocycles. The molecule has 0 amide bonds. The van der Waals surface area contributed by atoms with E-state index in [1.54, 1.807) is 38.0 Å². The molecule has 0 radical (unpaired) electrons. The zero-order chi connectivity index (χ0) is 20.7. The number of halogens is 2. The molecule has 8 heteroatoms. The zero-order valence-corrected chi connectivity index (χ0v) is 18.0. The van der Waals surface area contributed by atoms with Crippen molar-refractivity contribution >= 4 is 18.1 Å². The highest BCUT2D eigenvalue weighted by atomic mass is 35.5. The van der Waals surface area contributed by atoms with Crippen molar-refractivity contribution in [3.8, 4) is 22.8 Å². The predicted molar refractivity (Wildman–Crippen MR) is 115 cm³/mol. The fourth-order valence-electron chi connectivity index (χ4n) is 3.73. The molecular weight excluding hydrogens is 409 g/mol. The molecule has 0 fully saturated rings. The standard InChI is InChI=1S/C22H22FN3O3.ClH/c1-13-12-26-18(17-10-20(29-4)19(28-3)9-16(13)17)11-21(25(2)22(26)27)24-15-7-5-14(23)6-8-15;/h5-11,13H,12H2,1-4H3;1H. The van der Waals surface area contributed by atoms with Gasteiger partial charge in [0.1, 0.15) is 11.3 Å². The Balaban J connectivity index is 0.00000256. The Morgan fingerprint density at radius 1 is 1.07 bits per heavy atom. The summed E-state index contributed by atoms with van der Waals surface area (Å²) in [7, 11) is 4.88. The van der Waals surface area contributed by atoms with E-state index in [2.05, 4.69) is 11.9 Å². The second-order valence-corrected chi connectivity index (χ2v) is 7.12. The molecule has 4 rings (SSSR count). The maximum absolute atomic E-state index is 13.2. The largest absolute Gasteiger partial charge is 0.493 e. The number of fused-ring (bicyclic) bond motifs is 3. The van der Waals surface area contributed by atoms with E-state index in [0.717, 1.165) is 16.8 Å². The van der Waals surface area contributed by atoms with Gasteiger partial charge in [-0.15, -0.1) is 12.4 Å². The maximum atomic E-state index is 13.2. The minimum Gasteiger partial charge on any atom is -0.493 e. The third-order valence-corrected chi connectivity index (χ3v) is 5.31. The SMILES string of the molecule is COc1cc2c(cc1OC)C(C)Cn1c-2cc(=Nc2ccc(F)cc2)n(C)c1=O.Cl. The summed E-state index contributed by atoms with van der Waals surface area (Å²) in [6.07, 6.45) is 0. The molecule has 2 aromatic carbocycles. The Hall–Kier alpha value is -3.06. The van der Waals surface area contributed by atoms with E-state index in [0.29, 0.717) is 29.2 Å². The quantitative estimate of drug-likeness (QED) is 0.634. The Bertz CT molecular complexity index is 1220. The normalized spacial score (nSPS) is 15.1. The van der Waals surface area contributed by atoms with Crippen LogP contribution in [0.1, 0.15) is 18.4 Å². The predicted octanol–water partition coefficient (Wildman–Crippen LogP) is 3.78. The van der Waals surface area contributed by atoms with Crippen molar-refractivity contribution in [2.45, 2.75) is 19.4 Å². The van der Waals surface area contributed by atoms with Gasteiger partial charge in [-0.05, 0) is 42.0 Å². The van der Waals surface area contributed by atoms with Crippen LogP contribution in [0.25, 0.3) is 11.3 Å². The van der Waals surface area contributed by atoms with Gasteiger partial charge in [0.25, 0.3) is 0 Å². The average molecular weight is 432 g/mol. The lowest BCUT2D eigenvalue weighted by Crippen LogP contribution is -2.41. The van der Waals surface area contributed by atoms with Crippen LogP contribution in [-0.2, 0) is 13.6 Å². The van der Waals surface area contributed by atoms with Gasteiger partial charge in [0.05, 0.1) is 25.6 Å². The minimum absolute atomic E-state index is 0. The van der Waals surface area contributed by atoms with E-state index in [1.807, 2.05) is 18.2 Å². The molecule has 2 heterocycles. The summed E-state index contributed by atoms with van der Waals surface area (Å²) in [4.78, 5) is 17.6. The second kappa shape index (κ2) is 8.36. The van der Waals surface area contributed by atoms with Crippen molar-refractivity contribution in [3.05, 3.63) is 69.8 Å². The molecule has 0 aliphatic carbocycles. The summed E-state index contributed by atoms with van der Waals surface area (Å²) in [5, 5.41) is 0. The molecule has 30 heavy (non-hydrogen) atoms. The molecule has 3 aromatic rings. The highest BCUT2D eigenvalue weighted by Crippen LogP contribution is 2.41. The topological polar surface area (TPSA) is 57.8 Å². The van der Waals surface area contributed by atoms with Gasteiger partial charge in [-0.2, -0.15) is 0 Å². The number of hydrogen-bond donors (Lipinski definition) is 0. The van der Waals surface area contributed by atoms with Crippen molar-refractivity contribution in [3.63, 3.8) is 0 Å². The second-order valence-electron chi connectivity index (χ2n) is 7.12. The van der Waals surface area contributed by atoms with Crippen LogP contribution in [0.5, 0.6) is 11.5 Å². The van der Waals surface area contributed by atoms with E-state index in [4.69, 9.17) is 9.47 Å². The molecule has 0 spiro atoms. The van der Waals surface area contributed by atoms with E-state index < -0.39 is 0 Å². The van der Waals surface area contributed by atoms with Gasteiger partial charge in [0.15, 0.2) is 11.5 Å². The van der Waals surface area contributed by atoms with Gasteiger partial charge in [-0.25, -0.2) is 14.2 Å². The van der Waals surface area contributed by atoms with Gasteiger partial charge in [0.2, 0.25) is 0 Å². The Labute approximate surface area is 179 Å². The first-order valence-corrected chi connectivity index (χ1v) is 9.30. The van der Waals surface area contributed by atoms with E-state index in [9.17, 15) is 9.18 Å². The Morgan fingerprint density at radius 2 is 1.70 bits per heavy atom. The van der Waals surface area contributed by atoms with Crippen LogP contribution in [0.15, 0.2) is 52.3 Å². The summed E-state index contributed by atoms with van der Waals surface area (Å²) in [6.45, 7) is 2.64. The first kappa shape index (κ1) is 21.6. The average Bonchev–Trinajstić information content (AvgIpc) is 2.73. The van der Waals surface area contributed by atoms with Crippen LogP contribution < -0.4 is 20.7 Å². The number of nitrogens with zero attached hydrogens (tertiary/aromatic N) is 3. The molecular formula is C22H23ClFN3O3. The van der Waals surface area contributed by atoms with Gasteiger partial charge >= 0.3 is 5.69 Å². The molecule has 1 unspecified atom stereocenters. The van der Waals surface area contributed by atoms with Crippen LogP contribution in [0.2, 0.25) is 0 Å². The summed E-state index contributed by atoms with van der Waals surface area (Å²) < 4.78 is 27.4. The van der Waals surface area contributed by atoms with E-state index in [-0.39, 0.29) is 29.8 Å². The summed E-state index contributed by atoms with van der Waals surface area (Å²) in [5.74, 6) is 1.06. The van der Waals surface area contributed by atoms with E-state index >= 15 is 0 Å². The molecule has 158 valence electrons. The van der Waals surface area contributed by atoms with Gasteiger partial charge in [-0.3, -0.25) is 9.13 Å². The summed E-state index contributed by atoms with van der Waals surface area (Å²) >= 11 is 0. The first-order chi connectivity index (χ1) is 13.9. The zero-order valence-electron chi connectivity index (χ0n) is 17.2. The van der Waals surface area contributed by atoms with Crippen molar-refractivity contribution in [1.82, 2.24) is 9.13 Å². The number of ether oxygens (including phenoxy) is 2. The van der Waals surface area contributed by atoms with Crippen molar-refractivity contribution in [2.24, 2.45) is 12.0 Å². The highest BCUT2D eigenvalue weighted by Gasteiger charge is 2.26. The summed E-state index contributed by atoms with van der Waals surface area (Å²) in [5.41, 5.74) is 3.67. The Morgan fingerprint density at radius 3 is 2.33 bits per heavy atom. The maximum Gasteiger partial charge on any atom is 0.329 e. The van der Waals surface area contributed by atoms with Crippen LogP contribution in [-0.4, -0.2) is 23.4 Å². The molecule has 1 aliphatic rings. The number of aromatic nitrogens is 2. The lowest BCUT2D eigenvalue weighted by atomic mass is 9.89.